The number of hydrogen-bond acceptors (Lipinski definition) is 7. The minimum atomic E-state index is -3.88. The Morgan fingerprint density at radius 2 is 2.04 bits per heavy atom. The van der Waals surface area contributed by atoms with E-state index in [-0.39, 0.29) is 22.4 Å². The molecule has 0 bridgehead atoms. The van der Waals surface area contributed by atoms with Crippen LogP contribution in [0.2, 0.25) is 0 Å². The Labute approximate surface area is 161 Å². The van der Waals surface area contributed by atoms with Crippen LogP contribution in [0.15, 0.2) is 51.1 Å². The number of carbonyl (C=O) groups excluding carboxylic acids is 1. The summed E-state index contributed by atoms with van der Waals surface area (Å²) in [5, 5.41) is 2.50. The number of likely N-dealkylation sites (N-methyl/N-ethyl adjacent to an activating group) is 1. The normalized spacial score (nSPS) is 13.2. The van der Waals surface area contributed by atoms with Crippen LogP contribution in [0.4, 0.5) is 0 Å². The van der Waals surface area contributed by atoms with Crippen LogP contribution in [-0.4, -0.2) is 47.0 Å². The van der Waals surface area contributed by atoms with Gasteiger partial charge < -0.3 is 9.15 Å². The van der Waals surface area contributed by atoms with Gasteiger partial charge in [0.2, 0.25) is 10.0 Å². The lowest BCUT2D eigenvalue weighted by Gasteiger charge is -2.22. The number of sulfonamides is 1. The summed E-state index contributed by atoms with van der Waals surface area (Å²) in [6.07, 6.45) is 0. The minimum Gasteiger partial charge on any atom is -0.465 e. The van der Waals surface area contributed by atoms with Gasteiger partial charge in [0.25, 0.3) is 0 Å². The average molecular weight is 409 g/mol. The highest BCUT2D eigenvalue weighted by Gasteiger charge is 2.27. The number of rotatable bonds is 7. The van der Waals surface area contributed by atoms with Gasteiger partial charge in [0.05, 0.1) is 13.2 Å². The Bertz CT molecular complexity index is 1020. The minimum absolute atomic E-state index is 0.0511. The van der Waals surface area contributed by atoms with E-state index in [4.69, 9.17) is 4.42 Å². The summed E-state index contributed by atoms with van der Waals surface area (Å²) in [7, 11) is 1.03. The molecule has 0 saturated heterocycles. The van der Waals surface area contributed by atoms with Crippen LogP contribution in [0.5, 0.6) is 0 Å². The van der Waals surface area contributed by atoms with Crippen molar-refractivity contribution in [3.05, 3.63) is 52.4 Å². The maximum atomic E-state index is 12.7. The van der Waals surface area contributed by atoms with Gasteiger partial charge in [-0.2, -0.15) is 0 Å². The van der Waals surface area contributed by atoms with Crippen molar-refractivity contribution in [1.29, 1.82) is 0 Å². The van der Waals surface area contributed by atoms with Gasteiger partial charge in [0, 0.05) is 11.9 Å². The van der Waals surface area contributed by atoms with E-state index >= 15 is 0 Å². The monoisotopic (exact) mass is 408 g/mol. The second kappa shape index (κ2) is 7.81. The second-order valence-electron chi connectivity index (χ2n) is 6.12. The summed E-state index contributed by atoms with van der Waals surface area (Å²) in [6, 6.07) is 10.6. The molecule has 1 atom stereocenters. The van der Waals surface area contributed by atoms with E-state index in [0.29, 0.717) is 5.76 Å². The molecule has 2 heterocycles. The molecule has 0 fully saturated rings. The lowest BCUT2D eigenvalue weighted by molar-refractivity contribution is 0.0602. The summed E-state index contributed by atoms with van der Waals surface area (Å²) in [4.78, 5) is 13.6. The van der Waals surface area contributed by atoms with Crippen molar-refractivity contribution >= 4 is 38.3 Å². The number of methoxy groups -OCH3 is 1. The smallest absolute Gasteiger partial charge is 0.349 e. The molecule has 3 aromatic rings. The highest BCUT2D eigenvalue weighted by atomic mass is 32.2. The summed E-state index contributed by atoms with van der Waals surface area (Å²) < 4.78 is 38.5. The van der Waals surface area contributed by atoms with Crippen molar-refractivity contribution in [1.82, 2.24) is 9.62 Å². The number of esters is 1. The molecule has 7 nitrogen and oxygen atoms in total. The van der Waals surface area contributed by atoms with Gasteiger partial charge in [0.1, 0.15) is 21.1 Å². The maximum absolute atomic E-state index is 12.7. The molecule has 1 aromatic carbocycles. The van der Waals surface area contributed by atoms with Gasteiger partial charge in [-0.15, -0.1) is 11.3 Å². The van der Waals surface area contributed by atoms with Crippen molar-refractivity contribution in [2.24, 2.45) is 0 Å². The van der Waals surface area contributed by atoms with Crippen molar-refractivity contribution in [2.75, 3.05) is 27.7 Å². The van der Waals surface area contributed by atoms with E-state index < -0.39 is 16.0 Å². The molecule has 0 aliphatic heterocycles. The third kappa shape index (κ3) is 4.06. The number of fused-ring (bicyclic) bond motifs is 1. The molecule has 1 N–H and O–H groups in total. The first-order chi connectivity index (χ1) is 12.8. The fourth-order valence-corrected chi connectivity index (χ4v) is 5.09. The van der Waals surface area contributed by atoms with Crippen LogP contribution in [0.25, 0.3) is 11.0 Å². The molecule has 144 valence electrons. The zero-order chi connectivity index (χ0) is 19.6. The van der Waals surface area contributed by atoms with Gasteiger partial charge >= 0.3 is 5.97 Å². The number of nitrogens with one attached hydrogen (secondary N) is 1. The fourth-order valence-electron chi connectivity index (χ4n) is 2.72. The Hall–Kier alpha value is -2.20. The van der Waals surface area contributed by atoms with Crippen LogP contribution in [0, 0.1) is 0 Å². The Morgan fingerprint density at radius 3 is 2.70 bits per heavy atom. The first-order valence-electron chi connectivity index (χ1n) is 8.14. The van der Waals surface area contributed by atoms with Crippen LogP contribution in [-0.2, 0) is 14.8 Å². The SMILES string of the molecule is COC(=O)c1sccc1S(=O)(=O)NCC(c1cc2ccccc2o1)N(C)C. The predicted octanol–water partition coefficient (Wildman–Crippen LogP) is 2.86. The first kappa shape index (κ1) is 19.6. The molecule has 0 radical (unpaired) electrons. The van der Waals surface area contributed by atoms with Crippen molar-refractivity contribution in [3.8, 4) is 0 Å². The Morgan fingerprint density at radius 1 is 1.30 bits per heavy atom. The maximum Gasteiger partial charge on any atom is 0.349 e. The average Bonchev–Trinajstić information content (AvgIpc) is 3.28. The van der Waals surface area contributed by atoms with Crippen molar-refractivity contribution < 1.29 is 22.4 Å². The lowest BCUT2D eigenvalue weighted by atomic mass is 10.2. The molecule has 27 heavy (non-hydrogen) atoms. The number of thiophene rings is 1. The number of furan rings is 1. The first-order valence-corrected chi connectivity index (χ1v) is 10.5. The topological polar surface area (TPSA) is 88.8 Å². The van der Waals surface area contributed by atoms with Gasteiger partial charge in [-0.3, -0.25) is 4.90 Å². The molecule has 0 saturated carbocycles. The largest absolute Gasteiger partial charge is 0.465 e. The van der Waals surface area contributed by atoms with Gasteiger partial charge in [-0.1, -0.05) is 18.2 Å². The third-order valence-electron chi connectivity index (χ3n) is 4.15. The molecule has 0 spiro atoms. The van der Waals surface area contributed by atoms with Crippen LogP contribution >= 0.6 is 11.3 Å². The van der Waals surface area contributed by atoms with Gasteiger partial charge in [-0.25, -0.2) is 17.9 Å². The zero-order valence-electron chi connectivity index (χ0n) is 15.1. The number of carbonyl (C=O) groups is 1. The predicted molar refractivity (Wildman–Crippen MR) is 103 cm³/mol. The number of benzene rings is 1. The zero-order valence-corrected chi connectivity index (χ0v) is 16.8. The van der Waals surface area contributed by atoms with E-state index in [1.807, 2.05) is 49.3 Å². The lowest BCUT2D eigenvalue weighted by Crippen LogP contribution is -2.34. The molecule has 9 heteroatoms. The molecule has 0 aliphatic carbocycles. The molecule has 0 amide bonds. The second-order valence-corrected chi connectivity index (χ2v) is 8.77. The summed E-state index contributed by atoms with van der Waals surface area (Å²) in [5.41, 5.74) is 0.744. The Balaban J connectivity index is 1.84. The number of ether oxygens (including phenoxy) is 1. The molecule has 2 aromatic heterocycles. The van der Waals surface area contributed by atoms with E-state index in [9.17, 15) is 13.2 Å². The third-order valence-corrected chi connectivity index (χ3v) is 6.64. The summed E-state index contributed by atoms with van der Waals surface area (Å²) in [6.45, 7) is 0.0889. The quantitative estimate of drug-likeness (QED) is 0.605. The van der Waals surface area contributed by atoms with E-state index in [0.717, 1.165) is 22.3 Å². The van der Waals surface area contributed by atoms with Crippen LogP contribution in [0.1, 0.15) is 21.5 Å². The Kier molecular flexibility index (Phi) is 5.66. The molecular formula is C18H20N2O5S2. The van der Waals surface area contributed by atoms with E-state index in [1.54, 1.807) is 5.38 Å². The summed E-state index contributed by atoms with van der Waals surface area (Å²) >= 11 is 1.03. The number of hydrogen-bond donors (Lipinski definition) is 1. The molecular weight excluding hydrogens is 388 g/mol. The van der Waals surface area contributed by atoms with E-state index in [2.05, 4.69) is 9.46 Å². The van der Waals surface area contributed by atoms with Crippen molar-refractivity contribution in [2.45, 2.75) is 10.9 Å². The standard InChI is InChI=1S/C18H20N2O5S2/c1-20(2)13(15-10-12-6-4-5-7-14(12)25-15)11-19-27(22,23)16-8-9-26-17(16)18(21)24-3/h4-10,13,19H,11H2,1-3H3. The molecule has 0 aliphatic rings. The van der Waals surface area contributed by atoms with E-state index in [1.165, 1.54) is 13.2 Å². The van der Waals surface area contributed by atoms with Crippen LogP contribution < -0.4 is 4.72 Å². The molecule has 3 rings (SSSR count). The number of nitrogens with zero attached hydrogens (tertiary/aromatic N) is 1. The molecule has 1 unspecified atom stereocenters. The number of para-hydroxylation sites is 1. The summed E-state index contributed by atoms with van der Waals surface area (Å²) in [5.74, 6) is -0.0192. The van der Waals surface area contributed by atoms with Gasteiger partial charge in [-0.05, 0) is 37.7 Å². The highest BCUT2D eigenvalue weighted by molar-refractivity contribution is 7.89. The fraction of sp³-hybridized carbons (Fsp3) is 0.278. The van der Waals surface area contributed by atoms with Gasteiger partial charge in [0.15, 0.2) is 0 Å². The van der Waals surface area contributed by atoms with Crippen molar-refractivity contribution in [3.63, 3.8) is 0 Å². The van der Waals surface area contributed by atoms with Crippen LogP contribution in [0.3, 0.4) is 0 Å². The highest BCUT2D eigenvalue weighted by Crippen LogP contribution is 2.27.